The average Bonchev–Trinajstić information content (AvgIpc) is 3.34. The molecule has 1 aliphatic rings. The van der Waals surface area contributed by atoms with Gasteiger partial charge in [-0.3, -0.25) is 14.0 Å². The highest BCUT2D eigenvalue weighted by atomic mass is 35.5. The Kier molecular flexibility index (Phi) is 6.46. The van der Waals surface area contributed by atoms with Crippen LogP contribution >= 0.6 is 11.6 Å². The highest BCUT2D eigenvalue weighted by molar-refractivity contribution is 6.31. The summed E-state index contributed by atoms with van der Waals surface area (Å²) in [6.07, 6.45) is -2.69. The molecule has 0 radical (unpaired) electrons. The maximum atomic E-state index is 13.2. The van der Waals surface area contributed by atoms with E-state index in [-0.39, 0.29) is 11.7 Å². The fraction of sp³-hybridized carbons (Fsp3) is 0.385. The topological polar surface area (TPSA) is 58.9 Å². The summed E-state index contributed by atoms with van der Waals surface area (Å²) < 4.78 is 42.3. The number of aromatic amines is 1. The van der Waals surface area contributed by atoms with Crippen LogP contribution in [0.15, 0.2) is 47.3 Å². The Bertz CT molecular complexity index is 1440. The molecular weight excluding hydrogens is 491 g/mol. The number of H-pyrrole nitrogens is 1. The van der Waals surface area contributed by atoms with Crippen LogP contribution in [0.1, 0.15) is 42.8 Å². The normalized spacial score (nSPS) is 15.7. The highest BCUT2D eigenvalue weighted by Crippen LogP contribution is 2.31. The van der Waals surface area contributed by atoms with Gasteiger partial charge in [-0.15, -0.1) is 0 Å². The lowest BCUT2D eigenvalue weighted by molar-refractivity contribution is -0.137. The van der Waals surface area contributed by atoms with Crippen LogP contribution in [-0.4, -0.2) is 37.1 Å². The molecule has 0 amide bonds. The SMILES string of the molecule is CCn1c(=O)n(C2CCN(Cc3nc(-c4ccc(C(F)(F)F)cc4)[nH]c3C)CC2)c2ccc(Cl)cc21. The minimum atomic E-state index is -4.36. The molecule has 0 bridgehead atoms. The Morgan fingerprint density at radius 2 is 1.78 bits per heavy atom. The third-order valence-electron chi connectivity index (χ3n) is 7.01. The Morgan fingerprint density at radius 3 is 2.42 bits per heavy atom. The van der Waals surface area contributed by atoms with E-state index >= 15 is 0 Å². The zero-order valence-corrected chi connectivity index (χ0v) is 20.8. The molecule has 0 spiro atoms. The smallest absolute Gasteiger partial charge is 0.342 e. The Morgan fingerprint density at radius 1 is 1.08 bits per heavy atom. The molecule has 1 fully saturated rings. The molecule has 1 saturated heterocycles. The number of rotatable bonds is 5. The number of likely N-dealkylation sites (tertiary alicyclic amines) is 1. The summed E-state index contributed by atoms with van der Waals surface area (Å²) in [5.41, 5.74) is 3.47. The van der Waals surface area contributed by atoms with Crippen LogP contribution in [0.4, 0.5) is 13.2 Å². The molecule has 1 N–H and O–H groups in total. The van der Waals surface area contributed by atoms with Crippen LogP contribution in [0.3, 0.4) is 0 Å². The second kappa shape index (κ2) is 9.44. The van der Waals surface area contributed by atoms with Crippen molar-refractivity contribution in [2.75, 3.05) is 13.1 Å². The number of benzene rings is 2. The molecule has 10 heteroatoms. The first-order valence-electron chi connectivity index (χ1n) is 12.0. The summed E-state index contributed by atoms with van der Waals surface area (Å²) >= 11 is 6.18. The first kappa shape index (κ1) is 24.6. The molecule has 2 aromatic carbocycles. The van der Waals surface area contributed by atoms with E-state index in [4.69, 9.17) is 11.6 Å². The highest BCUT2D eigenvalue weighted by Gasteiger charge is 2.30. The second-order valence-corrected chi connectivity index (χ2v) is 9.71. The maximum absolute atomic E-state index is 13.2. The molecule has 0 unspecified atom stereocenters. The molecule has 36 heavy (non-hydrogen) atoms. The number of piperidine rings is 1. The van der Waals surface area contributed by atoms with Crippen LogP contribution in [0.2, 0.25) is 5.02 Å². The Hall–Kier alpha value is -3.04. The van der Waals surface area contributed by atoms with Crippen molar-refractivity contribution in [3.05, 3.63) is 74.9 Å². The van der Waals surface area contributed by atoms with E-state index in [2.05, 4.69) is 14.9 Å². The monoisotopic (exact) mass is 517 g/mol. The van der Waals surface area contributed by atoms with Crippen molar-refractivity contribution in [2.24, 2.45) is 0 Å². The number of imidazole rings is 2. The molecule has 5 rings (SSSR count). The van der Waals surface area contributed by atoms with Gasteiger partial charge in [-0.25, -0.2) is 9.78 Å². The van der Waals surface area contributed by atoms with Crippen molar-refractivity contribution >= 4 is 22.6 Å². The van der Waals surface area contributed by atoms with E-state index < -0.39 is 11.7 Å². The standard InChI is InChI=1S/C26H27ClF3N5O/c1-3-34-23-14-19(27)8-9-22(23)35(25(34)36)20-10-12-33(13-11-20)15-21-16(2)31-24(32-21)17-4-6-18(7-5-17)26(28,29)30/h4-9,14,20H,3,10-13,15H2,1-2H3,(H,31,32). The maximum Gasteiger partial charge on any atom is 0.416 e. The number of alkyl halides is 3. The van der Waals surface area contributed by atoms with Crippen molar-refractivity contribution in [1.82, 2.24) is 24.0 Å². The number of fused-ring (bicyclic) bond motifs is 1. The van der Waals surface area contributed by atoms with Gasteiger partial charge in [-0.05, 0) is 57.0 Å². The molecule has 0 atom stereocenters. The van der Waals surface area contributed by atoms with Gasteiger partial charge in [0.25, 0.3) is 0 Å². The molecule has 1 aliphatic heterocycles. The number of aryl methyl sites for hydroxylation is 2. The molecule has 190 valence electrons. The molecule has 6 nitrogen and oxygen atoms in total. The fourth-order valence-corrected chi connectivity index (χ4v) is 5.23. The summed E-state index contributed by atoms with van der Waals surface area (Å²) in [7, 11) is 0. The van der Waals surface area contributed by atoms with Gasteiger partial charge in [0.15, 0.2) is 0 Å². The zero-order valence-electron chi connectivity index (χ0n) is 20.1. The van der Waals surface area contributed by atoms with Crippen LogP contribution in [0.25, 0.3) is 22.4 Å². The molecule has 4 aromatic rings. The fourth-order valence-electron chi connectivity index (χ4n) is 5.06. The number of nitrogens with one attached hydrogen (secondary N) is 1. The van der Waals surface area contributed by atoms with Crippen molar-refractivity contribution < 1.29 is 13.2 Å². The van der Waals surface area contributed by atoms with Gasteiger partial charge < -0.3 is 4.98 Å². The first-order chi connectivity index (χ1) is 17.2. The second-order valence-electron chi connectivity index (χ2n) is 9.27. The quantitative estimate of drug-likeness (QED) is 0.351. The predicted octanol–water partition coefficient (Wildman–Crippen LogP) is 6.03. The van der Waals surface area contributed by atoms with Crippen molar-refractivity contribution in [2.45, 2.75) is 52.0 Å². The van der Waals surface area contributed by atoms with E-state index in [1.165, 1.54) is 12.1 Å². The number of halogens is 4. The largest absolute Gasteiger partial charge is 0.416 e. The van der Waals surface area contributed by atoms with Crippen LogP contribution in [-0.2, 0) is 19.3 Å². The molecular formula is C26H27ClF3N5O. The van der Waals surface area contributed by atoms with Gasteiger partial charge in [0, 0.05) is 48.5 Å². The first-order valence-corrected chi connectivity index (χ1v) is 12.4. The summed E-state index contributed by atoms with van der Waals surface area (Å²) in [5, 5.41) is 0.613. The van der Waals surface area contributed by atoms with Gasteiger partial charge in [0.05, 0.1) is 22.3 Å². The van der Waals surface area contributed by atoms with Crippen LogP contribution < -0.4 is 5.69 Å². The van der Waals surface area contributed by atoms with Gasteiger partial charge in [0.2, 0.25) is 0 Å². The zero-order chi connectivity index (χ0) is 25.6. The minimum Gasteiger partial charge on any atom is -0.342 e. The molecule has 3 heterocycles. The summed E-state index contributed by atoms with van der Waals surface area (Å²) in [5.74, 6) is 0.559. The van der Waals surface area contributed by atoms with Crippen molar-refractivity contribution in [3.8, 4) is 11.4 Å². The van der Waals surface area contributed by atoms with Crippen LogP contribution in [0.5, 0.6) is 0 Å². The van der Waals surface area contributed by atoms with Gasteiger partial charge in [-0.2, -0.15) is 13.2 Å². The molecule has 0 saturated carbocycles. The van der Waals surface area contributed by atoms with Gasteiger partial charge >= 0.3 is 11.9 Å². The van der Waals surface area contributed by atoms with E-state index in [9.17, 15) is 18.0 Å². The summed E-state index contributed by atoms with van der Waals surface area (Å²) in [4.78, 5) is 23.3. The summed E-state index contributed by atoms with van der Waals surface area (Å²) in [6, 6.07) is 10.7. The lowest BCUT2D eigenvalue weighted by Gasteiger charge is -2.32. The summed E-state index contributed by atoms with van der Waals surface area (Å²) in [6.45, 7) is 6.72. The van der Waals surface area contributed by atoms with E-state index in [1.807, 2.05) is 36.6 Å². The van der Waals surface area contributed by atoms with Crippen molar-refractivity contribution in [3.63, 3.8) is 0 Å². The third-order valence-corrected chi connectivity index (χ3v) is 7.24. The van der Waals surface area contributed by atoms with Gasteiger partial charge in [0.1, 0.15) is 5.82 Å². The number of aromatic nitrogens is 4. The predicted molar refractivity (Wildman–Crippen MR) is 134 cm³/mol. The average molecular weight is 518 g/mol. The van der Waals surface area contributed by atoms with E-state index in [1.54, 1.807) is 4.57 Å². The van der Waals surface area contributed by atoms with Crippen LogP contribution in [0, 0.1) is 6.92 Å². The number of nitrogens with zero attached hydrogens (tertiary/aromatic N) is 4. The van der Waals surface area contributed by atoms with Crippen molar-refractivity contribution in [1.29, 1.82) is 0 Å². The molecule has 0 aliphatic carbocycles. The van der Waals surface area contributed by atoms with Gasteiger partial charge in [-0.1, -0.05) is 23.7 Å². The Labute approximate surface area is 211 Å². The lowest BCUT2D eigenvalue weighted by atomic mass is 10.0. The lowest BCUT2D eigenvalue weighted by Crippen LogP contribution is -2.37. The van der Waals surface area contributed by atoms with E-state index in [0.29, 0.717) is 29.5 Å². The Balaban J connectivity index is 1.29. The number of hydrogen-bond acceptors (Lipinski definition) is 3. The molecule has 2 aromatic heterocycles. The number of hydrogen-bond donors (Lipinski definition) is 1. The van der Waals surface area contributed by atoms with E-state index in [0.717, 1.165) is 60.5 Å². The third kappa shape index (κ3) is 4.57. The minimum absolute atomic E-state index is 0.00227.